The average molecular weight is 628 g/mol. The Morgan fingerprint density at radius 3 is 1.28 bits per heavy atom. The molecule has 1 N–H and O–H groups in total. The highest BCUT2D eigenvalue weighted by atomic mass is 16.6. The SMILES string of the molecule is COC(=O)C(C[C@H](NC(c1ccccc1)(c1ccccc1)c1ccccc1)C(=O)OCc1ccccc1)C(=O)OCc1ccccc1. The van der Waals surface area contributed by atoms with Gasteiger partial charge in [0.2, 0.25) is 0 Å². The lowest BCUT2D eigenvalue weighted by Gasteiger charge is -2.40. The van der Waals surface area contributed by atoms with E-state index in [0.29, 0.717) is 0 Å². The Bertz CT molecular complexity index is 1620. The largest absolute Gasteiger partial charge is 0.468 e. The highest BCUT2D eigenvalue weighted by Crippen LogP contribution is 2.38. The molecule has 47 heavy (non-hydrogen) atoms. The van der Waals surface area contributed by atoms with E-state index >= 15 is 0 Å². The van der Waals surface area contributed by atoms with Crippen LogP contribution in [-0.4, -0.2) is 31.1 Å². The summed E-state index contributed by atoms with van der Waals surface area (Å²) < 4.78 is 16.5. The smallest absolute Gasteiger partial charge is 0.323 e. The molecule has 0 fully saturated rings. The van der Waals surface area contributed by atoms with Crippen molar-refractivity contribution in [2.75, 3.05) is 7.11 Å². The van der Waals surface area contributed by atoms with Crippen LogP contribution in [0.2, 0.25) is 0 Å². The van der Waals surface area contributed by atoms with Gasteiger partial charge in [-0.25, -0.2) is 0 Å². The molecule has 0 saturated heterocycles. The van der Waals surface area contributed by atoms with Crippen molar-refractivity contribution in [3.63, 3.8) is 0 Å². The third-order valence-electron chi connectivity index (χ3n) is 7.99. The second kappa shape index (κ2) is 16.2. The summed E-state index contributed by atoms with van der Waals surface area (Å²) in [5.41, 5.74) is 3.01. The summed E-state index contributed by atoms with van der Waals surface area (Å²) in [6.07, 6.45) is -0.276. The van der Waals surface area contributed by atoms with E-state index in [2.05, 4.69) is 5.32 Å². The average Bonchev–Trinajstić information content (AvgIpc) is 3.14. The van der Waals surface area contributed by atoms with Crippen LogP contribution in [0.25, 0.3) is 0 Å². The molecule has 0 bridgehead atoms. The topological polar surface area (TPSA) is 90.9 Å². The van der Waals surface area contributed by atoms with Crippen LogP contribution in [0.15, 0.2) is 152 Å². The zero-order valence-corrected chi connectivity index (χ0v) is 26.2. The van der Waals surface area contributed by atoms with E-state index in [4.69, 9.17) is 14.2 Å². The fourth-order valence-electron chi connectivity index (χ4n) is 5.62. The predicted molar refractivity (Wildman–Crippen MR) is 179 cm³/mol. The van der Waals surface area contributed by atoms with Crippen molar-refractivity contribution in [2.45, 2.75) is 31.2 Å². The predicted octanol–water partition coefficient (Wildman–Crippen LogP) is 6.60. The molecule has 7 heteroatoms. The molecular formula is C40H37NO6. The molecule has 0 aliphatic rings. The normalized spacial score (nSPS) is 12.4. The molecule has 5 aromatic rings. The summed E-state index contributed by atoms with van der Waals surface area (Å²) in [4.78, 5) is 40.8. The van der Waals surface area contributed by atoms with Crippen LogP contribution in [0.4, 0.5) is 0 Å². The number of esters is 3. The van der Waals surface area contributed by atoms with E-state index in [1.165, 1.54) is 7.11 Å². The van der Waals surface area contributed by atoms with Crippen LogP contribution in [0.3, 0.4) is 0 Å². The van der Waals surface area contributed by atoms with Gasteiger partial charge in [0.25, 0.3) is 0 Å². The maximum Gasteiger partial charge on any atom is 0.323 e. The van der Waals surface area contributed by atoms with E-state index in [0.717, 1.165) is 27.8 Å². The van der Waals surface area contributed by atoms with Gasteiger partial charge < -0.3 is 14.2 Å². The summed E-state index contributed by atoms with van der Waals surface area (Å²) in [5, 5.41) is 3.60. The number of methoxy groups -OCH3 is 1. The minimum Gasteiger partial charge on any atom is -0.468 e. The lowest BCUT2D eigenvalue weighted by atomic mass is 9.76. The fraction of sp³-hybridized carbons (Fsp3) is 0.175. The Labute approximate surface area is 275 Å². The quantitative estimate of drug-likeness (QED) is 0.0642. The second-order valence-electron chi connectivity index (χ2n) is 11.0. The number of carbonyl (C=O) groups excluding carboxylic acids is 3. The van der Waals surface area contributed by atoms with E-state index < -0.39 is 35.4 Å². The van der Waals surface area contributed by atoms with Gasteiger partial charge in [-0.05, 0) is 34.2 Å². The van der Waals surface area contributed by atoms with Crippen LogP contribution in [-0.2, 0) is 47.3 Å². The molecule has 0 aromatic heterocycles. The zero-order valence-electron chi connectivity index (χ0n) is 26.2. The fourth-order valence-corrected chi connectivity index (χ4v) is 5.62. The lowest BCUT2D eigenvalue weighted by molar-refractivity contribution is -0.163. The van der Waals surface area contributed by atoms with Crippen molar-refractivity contribution in [1.82, 2.24) is 5.32 Å². The molecule has 0 aliphatic heterocycles. The van der Waals surface area contributed by atoms with E-state index in [-0.39, 0.29) is 19.6 Å². The van der Waals surface area contributed by atoms with Gasteiger partial charge in [-0.3, -0.25) is 19.7 Å². The molecule has 7 nitrogen and oxygen atoms in total. The second-order valence-corrected chi connectivity index (χ2v) is 11.0. The molecule has 0 heterocycles. The van der Waals surface area contributed by atoms with Crippen LogP contribution in [0.1, 0.15) is 34.2 Å². The summed E-state index contributed by atoms with van der Waals surface area (Å²) in [6, 6.07) is 46.5. The van der Waals surface area contributed by atoms with Crippen molar-refractivity contribution in [3.05, 3.63) is 179 Å². The van der Waals surface area contributed by atoms with Gasteiger partial charge in [0, 0.05) is 0 Å². The van der Waals surface area contributed by atoms with Crippen LogP contribution in [0, 0.1) is 5.92 Å². The third kappa shape index (κ3) is 8.20. The third-order valence-corrected chi connectivity index (χ3v) is 7.99. The van der Waals surface area contributed by atoms with Gasteiger partial charge in [-0.1, -0.05) is 152 Å². The number of benzene rings is 5. The minimum absolute atomic E-state index is 0.00814. The number of hydrogen-bond donors (Lipinski definition) is 1. The van der Waals surface area contributed by atoms with E-state index in [1.807, 2.05) is 152 Å². The number of nitrogens with one attached hydrogen (secondary N) is 1. The van der Waals surface area contributed by atoms with Crippen LogP contribution < -0.4 is 5.32 Å². The van der Waals surface area contributed by atoms with Gasteiger partial charge in [-0.2, -0.15) is 0 Å². The van der Waals surface area contributed by atoms with Crippen molar-refractivity contribution in [3.8, 4) is 0 Å². The molecular weight excluding hydrogens is 590 g/mol. The van der Waals surface area contributed by atoms with Gasteiger partial charge in [-0.15, -0.1) is 0 Å². The first-order valence-electron chi connectivity index (χ1n) is 15.4. The number of hydrogen-bond acceptors (Lipinski definition) is 7. The minimum atomic E-state index is -1.41. The highest BCUT2D eigenvalue weighted by Gasteiger charge is 2.43. The standard InChI is InChI=1S/C40H37NO6/c1-45-37(42)35(38(43)46-28-30-17-7-2-8-18-30)27-36(39(44)47-29-31-19-9-3-10-20-31)41-40(32-21-11-4-12-22-32,33-23-13-5-14-24-33)34-25-15-6-16-26-34/h2-26,35-36,41H,27-29H2,1H3/t35?,36-/m0/s1. The number of rotatable bonds is 14. The van der Waals surface area contributed by atoms with Gasteiger partial charge in [0.15, 0.2) is 5.92 Å². The molecule has 2 atom stereocenters. The molecule has 1 unspecified atom stereocenters. The van der Waals surface area contributed by atoms with Gasteiger partial charge >= 0.3 is 17.9 Å². The maximum atomic E-state index is 14.1. The van der Waals surface area contributed by atoms with E-state index in [1.54, 1.807) is 0 Å². The molecule has 0 aliphatic carbocycles. The molecule has 5 aromatic carbocycles. The molecule has 238 valence electrons. The zero-order chi connectivity index (χ0) is 32.9. The Morgan fingerprint density at radius 1 is 0.532 bits per heavy atom. The van der Waals surface area contributed by atoms with Crippen LogP contribution >= 0.6 is 0 Å². The number of ether oxygens (including phenoxy) is 3. The van der Waals surface area contributed by atoms with Crippen molar-refractivity contribution in [2.24, 2.45) is 5.92 Å². The summed E-state index contributed by atoms with van der Waals surface area (Å²) >= 11 is 0. The summed E-state index contributed by atoms with van der Waals surface area (Å²) in [6.45, 7) is -0.0279. The maximum absolute atomic E-state index is 14.1. The lowest BCUT2D eigenvalue weighted by Crippen LogP contribution is -2.54. The Morgan fingerprint density at radius 2 is 0.894 bits per heavy atom. The summed E-state index contributed by atoms with van der Waals surface area (Å²) in [5.74, 6) is -3.65. The van der Waals surface area contributed by atoms with Crippen molar-refractivity contribution in [1.29, 1.82) is 0 Å². The Balaban J connectivity index is 1.57. The monoisotopic (exact) mass is 627 g/mol. The van der Waals surface area contributed by atoms with Crippen LogP contribution in [0.5, 0.6) is 0 Å². The first-order valence-corrected chi connectivity index (χ1v) is 15.4. The molecule has 5 rings (SSSR count). The highest BCUT2D eigenvalue weighted by molar-refractivity contribution is 5.95. The number of carbonyl (C=O) groups is 3. The molecule has 0 spiro atoms. The Kier molecular flexibility index (Phi) is 11.3. The van der Waals surface area contributed by atoms with E-state index in [9.17, 15) is 14.4 Å². The first kappa shape index (κ1) is 32.9. The van der Waals surface area contributed by atoms with Gasteiger partial charge in [0.1, 0.15) is 19.3 Å². The van der Waals surface area contributed by atoms with Crippen molar-refractivity contribution < 1.29 is 28.6 Å². The summed E-state index contributed by atoms with van der Waals surface area (Å²) in [7, 11) is 1.21. The van der Waals surface area contributed by atoms with Gasteiger partial charge in [0.05, 0.1) is 12.6 Å². The van der Waals surface area contributed by atoms with Crippen molar-refractivity contribution >= 4 is 17.9 Å². The molecule has 0 amide bonds. The molecule has 0 radical (unpaired) electrons. The first-order chi connectivity index (χ1) is 23.0. The Hall–Kier alpha value is -5.53. The molecule has 0 saturated carbocycles.